The summed E-state index contributed by atoms with van der Waals surface area (Å²) >= 11 is 0. The van der Waals surface area contributed by atoms with Crippen LogP contribution in [-0.2, 0) is 9.53 Å². The van der Waals surface area contributed by atoms with E-state index in [2.05, 4.69) is 0 Å². The lowest BCUT2D eigenvalue weighted by Gasteiger charge is -2.25. The molecule has 0 aliphatic heterocycles. The molecule has 0 spiro atoms. The highest BCUT2D eigenvalue weighted by Crippen LogP contribution is 2.30. The Morgan fingerprint density at radius 1 is 1.27 bits per heavy atom. The van der Waals surface area contributed by atoms with Crippen molar-refractivity contribution in [1.29, 1.82) is 0 Å². The molecule has 0 unspecified atom stereocenters. The minimum atomic E-state index is -0.608. The van der Waals surface area contributed by atoms with Crippen LogP contribution >= 0.6 is 0 Å². The van der Waals surface area contributed by atoms with Crippen LogP contribution in [0.4, 0.5) is 0 Å². The lowest BCUT2D eigenvalue weighted by atomic mass is 9.89. The van der Waals surface area contributed by atoms with Gasteiger partial charge in [0.2, 0.25) is 0 Å². The maximum Gasteiger partial charge on any atom is 0.305 e. The molecule has 0 bridgehead atoms. The zero-order valence-corrected chi connectivity index (χ0v) is 9.63. The molecule has 1 aliphatic rings. The second-order valence-electron chi connectivity index (χ2n) is 4.44. The first-order valence-electron chi connectivity index (χ1n) is 6.04. The summed E-state index contributed by atoms with van der Waals surface area (Å²) in [5.41, 5.74) is -0.608. The van der Waals surface area contributed by atoms with Gasteiger partial charge in [-0.2, -0.15) is 0 Å². The quantitative estimate of drug-likeness (QED) is 0.577. The smallest absolute Gasteiger partial charge is 0.305 e. The van der Waals surface area contributed by atoms with Gasteiger partial charge in [-0.15, -0.1) is 0 Å². The lowest BCUT2D eigenvalue weighted by molar-refractivity contribution is -0.144. The Hall–Kier alpha value is -0.570. The second kappa shape index (κ2) is 6.11. The molecule has 3 heteroatoms. The van der Waals surface area contributed by atoms with Crippen molar-refractivity contribution in [2.75, 3.05) is 6.61 Å². The zero-order valence-electron chi connectivity index (χ0n) is 9.63. The van der Waals surface area contributed by atoms with Crippen molar-refractivity contribution in [3.05, 3.63) is 0 Å². The molecule has 0 amide bonds. The number of aliphatic hydroxyl groups is 1. The van der Waals surface area contributed by atoms with Crippen molar-refractivity contribution in [3.8, 4) is 0 Å². The van der Waals surface area contributed by atoms with Crippen LogP contribution in [0.1, 0.15) is 58.3 Å². The average Bonchev–Trinajstić information content (AvgIpc) is 2.42. The Balaban J connectivity index is 2.30. The van der Waals surface area contributed by atoms with Gasteiger partial charge in [0, 0.05) is 6.42 Å². The number of ether oxygens (including phenoxy) is 1. The van der Waals surface area contributed by atoms with Gasteiger partial charge in [-0.25, -0.2) is 0 Å². The van der Waals surface area contributed by atoms with Gasteiger partial charge in [0.1, 0.15) is 0 Å². The molecule has 1 aliphatic carbocycles. The summed E-state index contributed by atoms with van der Waals surface area (Å²) in [6, 6.07) is 0. The van der Waals surface area contributed by atoms with Crippen LogP contribution in [0.2, 0.25) is 0 Å². The largest absolute Gasteiger partial charge is 0.466 e. The minimum Gasteiger partial charge on any atom is -0.466 e. The van der Waals surface area contributed by atoms with Crippen LogP contribution in [-0.4, -0.2) is 23.3 Å². The van der Waals surface area contributed by atoms with Crippen LogP contribution in [0.25, 0.3) is 0 Å². The highest BCUT2D eigenvalue weighted by atomic mass is 16.5. The van der Waals surface area contributed by atoms with Gasteiger partial charge in [-0.3, -0.25) is 4.79 Å². The lowest BCUT2D eigenvalue weighted by Crippen LogP contribution is -2.28. The van der Waals surface area contributed by atoms with Gasteiger partial charge >= 0.3 is 5.97 Å². The molecule has 1 rings (SSSR count). The number of esters is 1. The fraction of sp³-hybridized carbons (Fsp3) is 0.917. The van der Waals surface area contributed by atoms with E-state index in [9.17, 15) is 9.90 Å². The van der Waals surface area contributed by atoms with Gasteiger partial charge in [-0.1, -0.05) is 25.7 Å². The van der Waals surface area contributed by atoms with Gasteiger partial charge < -0.3 is 9.84 Å². The number of carbonyl (C=O) groups is 1. The molecule has 0 aromatic rings. The molecular formula is C12H22O3. The van der Waals surface area contributed by atoms with Crippen molar-refractivity contribution >= 4 is 5.97 Å². The summed E-state index contributed by atoms with van der Waals surface area (Å²) in [6.45, 7) is 2.23. The maximum absolute atomic E-state index is 11.2. The zero-order chi connectivity index (χ0) is 11.1. The van der Waals surface area contributed by atoms with Crippen molar-refractivity contribution in [3.63, 3.8) is 0 Å². The van der Waals surface area contributed by atoms with E-state index in [1.165, 1.54) is 12.8 Å². The number of rotatable bonds is 4. The molecule has 0 radical (unpaired) electrons. The van der Waals surface area contributed by atoms with Crippen LogP contribution in [0.3, 0.4) is 0 Å². The summed E-state index contributed by atoms with van der Waals surface area (Å²) in [5, 5.41) is 10.3. The Morgan fingerprint density at radius 3 is 2.40 bits per heavy atom. The molecule has 15 heavy (non-hydrogen) atoms. The highest BCUT2D eigenvalue weighted by molar-refractivity contribution is 5.69. The summed E-state index contributed by atoms with van der Waals surface area (Å²) in [4.78, 5) is 11.2. The van der Waals surface area contributed by atoms with E-state index in [-0.39, 0.29) is 5.97 Å². The molecule has 1 N–H and O–H groups in total. The van der Waals surface area contributed by atoms with E-state index in [0.29, 0.717) is 19.4 Å². The van der Waals surface area contributed by atoms with Gasteiger partial charge in [0.25, 0.3) is 0 Å². The average molecular weight is 214 g/mol. The summed E-state index contributed by atoms with van der Waals surface area (Å²) < 4.78 is 4.86. The summed E-state index contributed by atoms with van der Waals surface area (Å²) in [6.07, 6.45) is 7.18. The number of hydrogen-bond acceptors (Lipinski definition) is 3. The topological polar surface area (TPSA) is 46.5 Å². The van der Waals surface area contributed by atoms with Gasteiger partial charge in [0.15, 0.2) is 0 Å². The van der Waals surface area contributed by atoms with E-state index < -0.39 is 5.60 Å². The standard InChI is InChI=1S/C12H22O3/c1-2-15-11(13)7-10-12(14)8-5-3-4-6-9-12/h14H,2-10H2,1H3. The molecule has 0 aromatic carbocycles. The molecular weight excluding hydrogens is 192 g/mol. The predicted molar refractivity (Wildman–Crippen MR) is 58.5 cm³/mol. The minimum absolute atomic E-state index is 0.185. The monoisotopic (exact) mass is 214 g/mol. The summed E-state index contributed by atoms with van der Waals surface area (Å²) in [5.74, 6) is -0.185. The first-order chi connectivity index (χ1) is 7.16. The highest BCUT2D eigenvalue weighted by Gasteiger charge is 2.28. The van der Waals surface area contributed by atoms with Gasteiger partial charge in [-0.05, 0) is 26.2 Å². The number of hydrogen-bond donors (Lipinski definition) is 1. The molecule has 0 aromatic heterocycles. The third-order valence-electron chi connectivity index (χ3n) is 3.13. The fourth-order valence-electron chi connectivity index (χ4n) is 2.20. The first kappa shape index (κ1) is 12.5. The predicted octanol–water partition coefficient (Wildman–Crippen LogP) is 2.42. The van der Waals surface area contributed by atoms with E-state index in [4.69, 9.17) is 4.74 Å². The van der Waals surface area contributed by atoms with Crippen LogP contribution in [0, 0.1) is 0 Å². The van der Waals surface area contributed by atoms with Crippen molar-refractivity contribution in [2.45, 2.75) is 63.9 Å². The second-order valence-corrected chi connectivity index (χ2v) is 4.44. The normalized spacial score (nSPS) is 20.7. The SMILES string of the molecule is CCOC(=O)CCC1(O)CCCCCC1. The molecule has 88 valence electrons. The Labute approximate surface area is 91.8 Å². The van der Waals surface area contributed by atoms with Crippen molar-refractivity contribution in [1.82, 2.24) is 0 Å². The van der Waals surface area contributed by atoms with E-state index in [1.807, 2.05) is 0 Å². The number of carbonyl (C=O) groups excluding carboxylic acids is 1. The van der Waals surface area contributed by atoms with E-state index in [1.54, 1.807) is 6.92 Å². The maximum atomic E-state index is 11.2. The molecule has 3 nitrogen and oxygen atoms in total. The Bertz CT molecular complexity index is 193. The van der Waals surface area contributed by atoms with Gasteiger partial charge in [0.05, 0.1) is 12.2 Å². The fourth-order valence-corrected chi connectivity index (χ4v) is 2.20. The van der Waals surface area contributed by atoms with Crippen LogP contribution in [0.15, 0.2) is 0 Å². The van der Waals surface area contributed by atoms with E-state index in [0.717, 1.165) is 25.7 Å². The van der Waals surface area contributed by atoms with E-state index >= 15 is 0 Å². The van der Waals surface area contributed by atoms with Crippen molar-refractivity contribution < 1.29 is 14.6 Å². The molecule has 0 heterocycles. The van der Waals surface area contributed by atoms with Crippen LogP contribution in [0.5, 0.6) is 0 Å². The Kier molecular flexibility index (Phi) is 5.09. The van der Waals surface area contributed by atoms with Crippen LogP contribution < -0.4 is 0 Å². The Morgan fingerprint density at radius 2 is 1.87 bits per heavy atom. The first-order valence-corrected chi connectivity index (χ1v) is 6.04. The molecule has 1 saturated carbocycles. The molecule has 0 saturated heterocycles. The molecule has 1 fully saturated rings. The third-order valence-corrected chi connectivity index (χ3v) is 3.13. The summed E-state index contributed by atoms with van der Waals surface area (Å²) in [7, 11) is 0. The third kappa shape index (κ3) is 4.65. The molecule has 0 atom stereocenters. The van der Waals surface area contributed by atoms with Crippen molar-refractivity contribution in [2.24, 2.45) is 0 Å².